The number of phenols is 1. The lowest BCUT2D eigenvalue weighted by Crippen LogP contribution is -2.45. The first-order chi connectivity index (χ1) is 11.0. The Bertz CT molecular complexity index is 553. The predicted octanol–water partition coefficient (Wildman–Crippen LogP) is 1.27. The summed E-state index contributed by atoms with van der Waals surface area (Å²) in [6, 6.07) is 5.42. The highest BCUT2D eigenvalue weighted by Crippen LogP contribution is 2.28. The van der Waals surface area contributed by atoms with Gasteiger partial charge in [0.05, 0.1) is 0 Å². The molecule has 1 aromatic carbocycles. The molecule has 0 radical (unpaired) electrons. The van der Waals surface area contributed by atoms with Crippen LogP contribution < -0.4 is 11.1 Å². The first kappa shape index (κ1) is 17.3. The molecule has 23 heavy (non-hydrogen) atoms. The summed E-state index contributed by atoms with van der Waals surface area (Å²) in [4.78, 5) is 23.7. The number of hydrogen-bond donors (Lipinski definition) is 4. The summed E-state index contributed by atoms with van der Waals surface area (Å²) < 4.78 is 0. The molecule has 1 aliphatic rings. The van der Waals surface area contributed by atoms with Crippen molar-refractivity contribution in [3.05, 3.63) is 29.8 Å². The zero-order chi connectivity index (χ0) is 16.8. The maximum Gasteiger partial charge on any atom is 0.326 e. The van der Waals surface area contributed by atoms with Crippen molar-refractivity contribution in [3.8, 4) is 5.75 Å². The van der Waals surface area contributed by atoms with E-state index >= 15 is 0 Å². The van der Waals surface area contributed by atoms with E-state index in [2.05, 4.69) is 5.32 Å². The van der Waals surface area contributed by atoms with E-state index in [1.807, 2.05) is 0 Å². The van der Waals surface area contributed by atoms with Crippen LogP contribution in [0.15, 0.2) is 24.3 Å². The zero-order valence-electron chi connectivity index (χ0n) is 13.1. The fourth-order valence-electron chi connectivity index (χ4n) is 3.07. The Morgan fingerprint density at radius 2 is 1.96 bits per heavy atom. The van der Waals surface area contributed by atoms with Crippen LogP contribution in [0.25, 0.3) is 0 Å². The van der Waals surface area contributed by atoms with E-state index in [9.17, 15) is 19.8 Å². The summed E-state index contributed by atoms with van der Waals surface area (Å²) in [5, 5.41) is 21.4. The van der Waals surface area contributed by atoms with Crippen LogP contribution in [0.3, 0.4) is 0 Å². The van der Waals surface area contributed by atoms with Crippen LogP contribution >= 0.6 is 0 Å². The molecule has 1 aliphatic carbocycles. The number of rotatable bonds is 6. The molecule has 2 rings (SSSR count). The molecule has 1 amide bonds. The number of benzene rings is 1. The van der Waals surface area contributed by atoms with Gasteiger partial charge in [-0.05, 0) is 55.8 Å². The molecule has 1 aromatic rings. The monoisotopic (exact) mass is 320 g/mol. The topological polar surface area (TPSA) is 113 Å². The maximum absolute atomic E-state index is 12.3. The van der Waals surface area contributed by atoms with Gasteiger partial charge >= 0.3 is 5.97 Å². The third-order valence-corrected chi connectivity index (χ3v) is 4.52. The highest BCUT2D eigenvalue weighted by Gasteiger charge is 2.29. The third-order valence-electron chi connectivity index (χ3n) is 4.52. The van der Waals surface area contributed by atoms with Crippen molar-refractivity contribution in [1.29, 1.82) is 0 Å². The number of carbonyl (C=O) groups excluding carboxylic acids is 1. The second kappa shape index (κ2) is 7.97. The summed E-state index contributed by atoms with van der Waals surface area (Å²) in [6.45, 7) is 0.642. The molecule has 0 aromatic heterocycles. The average molecular weight is 320 g/mol. The van der Waals surface area contributed by atoms with Gasteiger partial charge in [-0.1, -0.05) is 12.1 Å². The number of phenolic OH excluding ortho intramolecular Hbond substituents is 1. The van der Waals surface area contributed by atoms with Gasteiger partial charge in [-0.2, -0.15) is 0 Å². The summed E-state index contributed by atoms with van der Waals surface area (Å²) in [5.41, 5.74) is 6.32. The van der Waals surface area contributed by atoms with E-state index in [0.29, 0.717) is 18.0 Å². The van der Waals surface area contributed by atoms with Crippen LogP contribution in [0.1, 0.15) is 31.2 Å². The van der Waals surface area contributed by atoms with Crippen molar-refractivity contribution in [3.63, 3.8) is 0 Å². The van der Waals surface area contributed by atoms with E-state index < -0.39 is 12.0 Å². The molecule has 6 nitrogen and oxygen atoms in total. The van der Waals surface area contributed by atoms with Crippen LogP contribution in [0.4, 0.5) is 0 Å². The minimum Gasteiger partial charge on any atom is -0.508 e. The molecular weight excluding hydrogens is 296 g/mol. The van der Waals surface area contributed by atoms with Crippen LogP contribution in [0.2, 0.25) is 0 Å². The van der Waals surface area contributed by atoms with E-state index in [4.69, 9.17) is 5.73 Å². The van der Waals surface area contributed by atoms with Gasteiger partial charge in [-0.3, -0.25) is 4.79 Å². The average Bonchev–Trinajstić information content (AvgIpc) is 2.54. The highest BCUT2D eigenvalue weighted by molar-refractivity contribution is 5.85. The number of carboxylic acid groups (broad SMARTS) is 1. The van der Waals surface area contributed by atoms with E-state index in [1.165, 1.54) is 12.1 Å². The Labute approximate surface area is 135 Å². The van der Waals surface area contributed by atoms with E-state index in [-0.39, 0.29) is 24.0 Å². The fraction of sp³-hybridized carbons (Fsp3) is 0.529. The summed E-state index contributed by atoms with van der Waals surface area (Å²) >= 11 is 0. The van der Waals surface area contributed by atoms with Crippen LogP contribution in [-0.2, 0) is 16.0 Å². The molecule has 5 N–H and O–H groups in total. The van der Waals surface area contributed by atoms with Crippen molar-refractivity contribution in [2.24, 2.45) is 17.6 Å². The number of nitrogens with two attached hydrogens (primary N) is 1. The van der Waals surface area contributed by atoms with Gasteiger partial charge in [-0.25, -0.2) is 4.79 Å². The summed E-state index contributed by atoms with van der Waals surface area (Å²) in [5.74, 6) is -0.853. The Kier molecular flexibility index (Phi) is 5.98. The number of aromatic hydroxyl groups is 1. The first-order valence-electron chi connectivity index (χ1n) is 8.00. The number of carbonyl (C=O) groups is 2. The Balaban J connectivity index is 1.94. The van der Waals surface area contributed by atoms with Crippen molar-refractivity contribution in [2.75, 3.05) is 6.54 Å². The van der Waals surface area contributed by atoms with Crippen LogP contribution in [0, 0.1) is 11.8 Å². The largest absolute Gasteiger partial charge is 0.508 e. The fourth-order valence-corrected chi connectivity index (χ4v) is 3.07. The molecule has 0 saturated heterocycles. The lowest BCUT2D eigenvalue weighted by Gasteiger charge is -2.27. The van der Waals surface area contributed by atoms with Crippen molar-refractivity contribution in [2.45, 2.75) is 38.1 Å². The SMILES string of the molecule is NCC1CCC(C(=O)NC(Cc2cccc(O)c2)C(=O)O)CC1. The Hall–Kier alpha value is -2.08. The zero-order valence-corrected chi connectivity index (χ0v) is 13.1. The number of hydrogen-bond acceptors (Lipinski definition) is 4. The number of aliphatic carboxylic acids is 1. The number of amides is 1. The molecular formula is C17H24N2O4. The van der Waals surface area contributed by atoms with Crippen molar-refractivity contribution >= 4 is 11.9 Å². The lowest BCUT2D eigenvalue weighted by atomic mass is 9.81. The van der Waals surface area contributed by atoms with Crippen molar-refractivity contribution in [1.82, 2.24) is 5.32 Å². The molecule has 126 valence electrons. The molecule has 1 atom stereocenters. The molecule has 0 spiro atoms. The number of nitrogens with one attached hydrogen (secondary N) is 1. The third kappa shape index (κ3) is 4.96. The van der Waals surface area contributed by atoms with Crippen LogP contribution in [0.5, 0.6) is 5.75 Å². The van der Waals surface area contributed by atoms with Crippen molar-refractivity contribution < 1.29 is 19.8 Å². The van der Waals surface area contributed by atoms with E-state index in [0.717, 1.165) is 25.7 Å². The molecule has 0 heterocycles. The van der Waals surface area contributed by atoms with E-state index in [1.54, 1.807) is 12.1 Å². The molecule has 6 heteroatoms. The number of carboxylic acids is 1. The molecule has 1 unspecified atom stereocenters. The quantitative estimate of drug-likeness (QED) is 0.630. The van der Waals surface area contributed by atoms with Gasteiger partial charge in [0.25, 0.3) is 0 Å². The predicted molar refractivity (Wildman–Crippen MR) is 85.9 cm³/mol. The minimum atomic E-state index is -1.07. The Morgan fingerprint density at radius 1 is 1.26 bits per heavy atom. The Morgan fingerprint density at radius 3 is 2.52 bits per heavy atom. The standard InChI is InChI=1S/C17H24N2O4/c18-10-11-4-6-13(7-5-11)16(21)19-15(17(22)23)9-12-2-1-3-14(20)8-12/h1-3,8,11,13,15,20H,4-7,9-10,18H2,(H,19,21)(H,22,23). The summed E-state index contributed by atoms with van der Waals surface area (Å²) in [6.07, 6.45) is 3.49. The van der Waals surface area contributed by atoms with Gasteiger partial charge in [0.1, 0.15) is 11.8 Å². The second-order valence-electron chi connectivity index (χ2n) is 6.23. The minimum absolute atomic E-state index is 0.0815. The second-order valence-corrected chi connectivity index (χ2v) is 6.23. The highest BCUT2D eigenvalue weighted by atomic mass is 16.4. The van der Waals surface area contributed by atoms with Gasteiger partial charge < -0.3 is 21.3 Å². The van der Waals surface area contributed by atoms with Gasteiger partial charge in [0.2, 0.25) is 5.91 Å². The lowest BCUT2D eigenvalue weighted by molar-refractivity contribution is -0.142. The molecule has 1 saturated carbocycles. The van der Waals surface area contributed by atoms with Gasteiger partial charge in [-0.15, -0.1) is 0 Å². The molecule has 1 fully saturated rings. The van der Waals surface area contributed by atoms with Gasteiger partial charge in [0.15, 0.2) is 0 Å². The molecule has 0 aliphatic heterocycles. The van der Waals surface area contributed by atoms with Gasteiger partial charge in [0, 0.05) is 12.3 Å². The maximum atomic E-state index is 12.3. The first-order valence-corrected chi connectivity index (χ1v) is 8.00. The smallest absolute Gasteiger partial charge is 0.326 e. The normalized spacial score (nSPS) is 22.3. The molecule has 0 bridgehead atoms. The van der Waals surface area contributed by atoms with Crippen LogP contribution in [-0.4, -0.2) is 34.7 Å². The summed E-state index contributed by atoms with van der Waals surface area (Å²) in [7, 11) is 0.